The fraction of sp³-hybridized carbons (Fsp3) is 0.226. The highest BCUT2D eigenvalue weighted by Gasteiger charge is 2.35. The van der Waals surface area contributed by atoms with Crippen molar-refractivity contribution in [3.63, 3.8) is 0 Å². The van der Waals surface area contributed by atoms with E-state index >= 15 is 0 Å². The third kappa shape index (κ3) is 8.61. The third-order valence-electron chi connectivity index (χ3n) is 4.43. The molecule has 204 valence electrons. The zero-order valence-electron chi connectivity index (χ0n) is 20.9. The maximum Gasteiger partial charge on any atom is 0.338 e. The van der Waals surface area contributed by atoms with Crippen molar-refractivity contribution in [2.45, 2.75) is 33.7 Å². The fourth-order valence-electron chi connectivity index (χ4n) is 3.10. The zero-order valence-corrected chi connectivity index (χ0v) is 20.9. The smallest absolute Gasteiger partial charge is 0.338 e. The lowest BCUT2D eigenvalue weighted by Gasteiger charge is -2.29. The molecule has 0 saturated heterocycles. The summed E-state index contributed by atoms with van der Waals surface area (Å²) < 4.78 is 11.0. The van der Waals surface area contributed by atoms with Gasteiger partial charge in [0.05, 0.1) is 24.8 Å². The molecule has 2 rings (SSSR count). The van der Waals surface area contributed by atoms with Crippen molar-refractivity contribution in [1.82, 2.24) is 10.6 Å². The number of hydrogen-bond acceptors (Lipinski definition) is 4. The molecular weight excluding hydrogens is 464 g/mol. The molecule has 1 unspecified atom stereocenters. The zero-order chi connectivity index (χ0) is 26.9. The summed E-state index contributed by atoms with van der Waals surface area (Å²) in [6.45, 7) is 7.44. The van der Waals surface area contributed by atoms with E-state index in [1.807, 2.05) is 6.92 Å². The highest BCUT2D eigenvalue weighted by molar-refractivity contribution is 5.95. The maximum absolute atomic E-state index is 12.7. The van der Waals surface area contributed by atoms with Crippen LogP contribution in [0.3, 0.4) is 0 Å². The van der Waals surface area contributed by atoms with E-state index in [0.717, 1.165) is 0 Å². The molecule has 0 spiro atoms. The summed E-state index contributed by atoms with van der Waals surface area (Å²) in [4.78, 5) is 25.0. The summed E-state index contributed by atoms with van der Waals surface area (Å²) >= 11 is 0. The van der Waals surface area contributed by atoms with Gasteiger partial charge in [-0.15, -0.1) is 0 Å². The van der Waals surface area contributed by atoms with Gasteiger partial charge in [0.25, 0.3) is 0 Å². The molecule has 2 N–H and O–H groups in total. The molecule has 0 saturated carbocycles. The number of urea groups is 1. The first kappa shape index (κ1) is 27.7. The first-order chi connectivity index (χ1) is 18.0. The normalized spacial score (nSPS) is 12.3. The topological polar surface area (TPSA) is 76.7 Å². The summed E-state index contributed by atoms with van der Waals surface area (Å²) in [5, 5.41) is 5.40. The number of benzene rings is 1. The Bertz CT molecular complexity index is 1590. The first-order valence-corrected chi connectivity index (χ1v) is 11.2. The Morgan fingerprint density at radius 2 is 1.51 bits per heavy atom. The van der Waals surface area contributed by atoms with E-state index in [1.165, 1.54) is 0 Å². The Balaban J connectivity index is -0.000000134. The van der Waals surface area contributed by atoms with E-state index in [2.05, 4.69) is 93.5 Å². The number of amides is 2. The molecule has 37 heavy (non-hydrogen) atoms. The Morgan fingerprint density at radius 3 is 2.08 bits per heavy atom. The molecule has 1 aromatic rings. The summed E-state index contributed by atoms with van der Waals surface area (Å²) in [6, 6.07) is 3.98. The quantitative estimate of drug-likeness (QED) is 0.398. The van der Waals surface area contributed by atoms with Crippen LogP contribution in [-0.4, -0.2) is 25.2 Å². The largest absolute Gasteiger partial charge is 0.493 e. The lowest BCUT2D eigenvalue weighted by atomic mass is 9.91. The average Bonchev–Trinajstić information content (AvgIpc) is 2.86. The second kappa shape index (κ2) is 15.3. The third-order valence-corrected chi connectivity index (χ3v) is 4.43. The standard InChI is InChI=1S/C31H22N2O4.12H2/c1-5-8-9-10-11-12-13-14-15-16-17-18-19-21-25-22-20-23-26(36-6-2)28(25)29-27(30(34)37-7-3)24(4)32-31(35)33-29;;;;;;;;;;;;/h20,22-23,29H,6-7H2,1-4H3,(H2,32,33,35);12*1H. The van der Waals surface area contributed by atoms with Crippen molar-refractivity contribution in [2.75, 3.05) is 13.2 Å². The highest BCUT2D eigenvalue weighted by atomic mass is 16.5. The molecule has 1 aliphatic heterocycles. The molecule has 1 aromatic carbocycles. The fourth-order valence-corrected chi connectivity index (χ4v) is 3.10. The lowest BCUT2D eigenvalue weighted by molar-refractivity contribution is -0.139. The van der Waals surface area contributed by atoms with Gasteiger partial charge < -0.3 is 20.1 Å². The van der Waals surface area contributed by atoms with Gasteiger partial charge in [-0.05, 0) is 111 Å². The molecule has 1 heterocycles. The van der Waals surface area contributed by atoms with E-state index in [9.17, 15) is 9.59 Å². The van der Waals surface area contributed by atoms with Gasteiger partial charge in [0.1, 0.15) is 5.75 Å². The minimum absolute atomic E-state index is 0. The van der Waals surface area contributed by atoms with Crippen molar-refractivity contribution in [3.05, 3.63) is 40.6 Å². The predicted molar refractivity (Wildman–Crippen MR) is 166 cm³/mol. The van der Waals surface area contributed by atoms with Crippen LogP contribution in [0.1, 0.15) is 62.0 Å². The number of carbonyl (C=O) groups excluding carboxylic acids is 2. The molecule has 0 aromatic heterocycles. The van der Waals surface area contributed by atoms with Crippen LogP contribution < -0.4 is 15.4 Å². The SMILES string of the molecule is CC#CC#CC#CC#CC#CC#CC#Cc1cccc(OCC)c1C1NC(=O)NC(C)=C1C(=O)OCC.[HH].[HH].[HH].[HH].[HH].[HH].[HH].[HH].[HH].[HH].[HH].[HH]. The van der Waals surface area contributed by atoms with E-state index in [0.29, 0.717) is 29.2 Å². The van der Waals surface area contributed by atoms with Crippen LogP contribution in [0.5, 0.6) is 5.75 Å². The van der Waals surface area contributed by atoms with Gasteiger partial charge in [-0.1, -0.05) is 17.9 Å². The van der Waals surface area contributed by atoms with Crippen LogP contribution in [0.4, 0.5) is 4.79 Å². The van der Waals surface area contributed by atoms with E-state index in [1.54, 1.807) is 39.0 Å². The van der Waals surface area contributed by atoms with Crippen molar-refractivity contribution in [1.29, 1.82) is 0 Å². The van der Waals surface area contributed by atoms with Crippen molar-refractivity contribution in [2.24, 2.45) is 0 Å². The molecule has 0 radical (unpaired) electrons. The second-order valence-electron chi connectivity index (χ2n) is 6.82. The predicted octanol–water partition coefficient (Wildman–Crippen LogP) is 5.62. The lowest BCUT2D eigenvalue weighted by Crippen LogP contribution is -2.45. The van der Waals surface area contributed by atoms with Crippen LogP contribution in [0, 0.1) is 82.9 Å². The number of rotatable bonds is 5. The number of nitrogens with one attached hydrogen (secondary N) is 2. The summed E-state index contributed by atoms with van der Waals surface area (Å²) in [7, 11) is 0. The van der Waals surface area contributed by atoms with E-state index in [4.69, 9.17) is 9.47 Å². The minimum Gasteiger partial charge on any atom is -0.493 e. The molecule has 0 aliphatic carbocycles. The monoisotopic (exact) mass is 510 g/mol. The summed E-state index contributed by atoms with van der Waals surface area (Å²) in [5.41, 5.74) is 1.71. The number of ether oxygens (including phenoxy) is 2. The Morgan fingerprint density at radius 1 is 0.919 bits per heavy atom. The molecule has 0 fully saturated rings. The highest BCUT2D eigenvalue weighted by Crippen LogP contribution is 2.36. The Hall–Kier alpha value is -5.58. The van der Waals surface area contributed by atoms with E-state index in [-0.39, 0.29) is 29.3 Å². The minimum atomic E-state index is -0.831. The van der Waals surface area contributed by atoms with Gasteiger partial charge in [0, 0.05) is 33.9 Å². The Labute approximate surface area is 235 Å². The Kier molecular flexibility index (Phi) is 11.5. The maximum atomic E-state index is 12.7. The van der Waals surface area contributed by atoms with Crippen LogP contribution in [0.2, 0.25) is 0 Å². The molecule has 0 bridgehead atoms. The van der Waals surface area contributed by atoms with Gasteiger partial charge >= 0.3 is 12.0 Å². The molecule has 6 nitrogen and oxygen atoms in total. The van der Waals surface area contributed by atoms with Gasteiger partial charge in [-0.2, -0.15) is 0 Å². The number of esters is 1. The number of carbonyl (C=O) groups is 2. The van der Waals surface area contributed by atoms with Crippen LogP contribution in [-0.2, 0) is 9.53 Å². The van der Waals surface area contributed by atoms with E-state index < -0.39 is 18.0 Å². The number of allylic oxidation sites excluding steroid dienone is 1. The molecule has 1 atom stereocenters. The van der Waals surface area contributed by atoms with Crippen LogP contribution in [0.25, 0.3) is 0 Å². The van der Waals surface area contributed by atoms with Crippen molar-refractivity contribution >= 4 is 12.0 Å². The molecule has 1 aliphatic rings. The first-order valence-electron chi connectivity index (χ1n) is 11.2. The second-order valence-corrected chi connectivity index (χ2v) is 6.82. The van der Waals surface area contributed by atoms with Crippen molar-refractivity contribution in [3.8, 4) is 88.6 Å². The molecule has 2 amide bonds. The number of hydrogen-bond donors (Lipinski definition) is 2. The van der Waals surface area contributed by atoms with Crippen LogP contribution in [0.15, 0.2) is 29.5 Å². The van der Waals surface area contributed by atoms with Gasteiger partial charge in [-0.3, -0.25) is 0 Å². The summed E-state index contributed by atoms with van der Waals surface area (Å²) in [5.74, 6) is 36.4. The molecule has 6 heteroatoms. The van der Waals surface area contributed by atoms with Gasteiger partial charge in [-0.25, -0.2) is 9.59 Å². The van der Waals surface area contributed by atoms with Gasteiger partial charge in [0.15, 0.2) is 0 Å². The summed E-state index contributed by atoms with van der Waals surface area (Å²) in [6.07, 6.45) is 0. The average molecular weight is 511 g/mol. The molecular formula is C31H46N2O4. The van der Waals surface area contributed by atoms with Crippen molar-refractivity contribution < 1.29 is 36.2 Å². The van der Waals surface area contributed by atoms with Crippen LogP contribution >= 0.6 is 0 Å². The van der Waals surface area contributed by atoms with Gasteiger partial charge in [0.2, 0.25) is 0 Å².